The zero-order chi connectivity index (χ0) is 44.1. The van der Waals surface area contributed by atoms with Crippen LogP contribution in [0.2, 0.25) is 0 Å². The molecule has 0 saturated heterocycles. The lowest BCUT2D eigenvalue weighted by Crippen LogP contribution is -2.77. The number of benzene rings is 9. The summed E-state index contributed by atoms with van der Waals surface area (Å²) < 4.78 is 0. The van der Waals surface area contributed by atoms with Crippen molar-refractivity contribution in [3.05, 3.63) is 260 Å². The number of para-hydroxylation sites is 4. The quantitative estimate of drug-likeness (QED) is 0.150. The molecule has 0 atom stereocenters. The average molecular weight is 875 g/mol. The third kappa shape index (κ3) is 5.84. The van der Waals surface area contributed by atoms with Gasteiger partial charge in [0.25, 0.3) is 0 Å². The second-order valence-corrected chi connectivity index (χ2v) is 24.4. The van der Waals surface area contributed by atoms with Crippen LogP contribution in [0.25, 0.3) is 11.1 Å². The van der Waals surface area contributed by atoms with Gasteiger partial charge in [-0.05, 0) is 96.1 Å². The predicted molar refractivity (Wildman–Crippen MR) is 278 cm³/mol. The molecule has 0 N–H and O–H groups in total. The Morgan fingerprint density at radius 1 is 0.348 bits per heavy atom. The van der Waals surface area contributed by atoms with E-state index in [9.17, 15) is 5.26 Å². The summed E-state index contributed by atoms with van der Waals surface area (Å²) in [6.07, 6.45) is 1.99. The molecule has 0 saturated carbocycles. The number of nitrogens with zero attached hydrogens (tertiary/aromatic N) is 4. The Morgan fingerprint density at radius 3 is 1.08 bits per heavy atom. The number of hydrogen-bond donors (Lipinski definition) is 0. The maximum absolute atomic E-state index is 10.4. The molecule has 6 heteroatoms. The highest BCUT2D eigenvalue weighted by Crippen LogP contribution is 2.44. The molecule has 10 aromatic rings. The monoisotopic (exact) mass is 874 g/mol. The maximum atomic E-state index is 10.4. The minimum Gasteiger partial charge on any atom is -0.310 e. The molecular formula is C60H42N4Si2. The van der Waals surface area contributed by atoms with Gasteiger partial charge in [-0.15, -0.1) is 0 Å². The first-order chi connectivity index (χ1) is 32.7. The number of anilines is 6. The number of pyridine rings is 1. The van der Waals surface area contributed by atoms with Gasteiger partial charge in [0.1, 0.15) is 5.82 Å². The molecule has 3 heterocycles. The van der Waals surface area contributed by atoms with Crippen LogP contribution in [0.3, 0.4) is 0 Å². The van der Waals surface area contributed by atoms with Crippen molar-refractivity contribution >= 4 is 91.9 Å². The second-order valence-electron chi connectivity index (χ2n) is 17.0. The molecule has 0 radical (unpaired) electrons. The lowest BCUT2D eigenvalue weighted by Gasteiger charge is -2.45. The minimum absolute atomic E-state index is 0.593. The zero-order valence-electron chi connectivity index (χ0n) is 36.0. The van der Waals surface area contributed by atoms with Crippen LogP contribution in [0.5, 0.6) is 0 Å². The summed E-state index contributed by atoms with van der Waals surface area (Å²) in [6, 6.07) is 92.9. The van der Waals surface area contributed by atoms with Crippen LogP contribution in [0.1, 0.15) is 5.56 Å². The number of nitriles is 1. The summed E-state index contributed by atoms with van der Waals surface area (Å²) in [7, 11) is -5.58. The summed E-state index contributed by atoms with van der Waals surface area (Å²) >= 11 is 0. The fraction of sp³-hybridized carbons (Fsp3) is 0. The third-order valence-corrected chi connectivity index (χ3v) is 23.4. The van der Waals surface area contributed by atoms with Crippen molar-refractivity contribution in [3.8, 4) is 17.2 Å². The highest BCUT2D eigenvalue weighted by atomic mass is 28.3. The van der Waals surface area contributed by atoms with E-state index in [4.69, 9.17) is 4.98 Å². The highest BCUT2D eigenvalue weighted by molar-refractivity contribution is 7.22. The van der Waals surface area contributed by atoms with E-state index in [2.05, 4.69) is 252 Å². The molecule has 2 aliphatic rings. The molecule has 0 bridgehead atoms. The molecule has 0 unspecified atom stereocenters. The Balaban J connectivity index is 1.03. The first-order valence-electron chi connectivity index (χ1n) is 22.4. The first-order valence-corrected chi connectivity index (χ1v) is 26.4. The van der Waals surface area contributed by atoms with Crippen molar-refractivity contribution in [2.24, 2.45) is 0 Å². The van der Waals surface area contributed by atoms with Crippen molar-refractivity contribution in [2.75, 3.05) is 9.80 Å². The highest BCUT2D eigenvalue weighted by Gasteiger charge is 2.50. The molecule has 66 heavy (non-hydrogen) atoms. The van der Waals surface area contributed by atoms with E-state index in [0.29, 0.717) is 5.56 Å². The summed E-state index contributed by atoms with van der Waals surface area (Å²) in [6.45, 7) is 0. The number of fused-ring (bicyclic) bond motifs is 4. The van der Waals surface area contributed by atoms with Crippen molar-refractivity contribution in [1.82, 2.24) is 4.98 Å². The lowest BCUT2D eigenvalue weighted by molar-refractivity contribution is 1.18. The molecule has 310 valence electrons. The summed E-state index contributed by atoms with van der Waals surface area (Å²) in [5, 5.41) is 21.0. The Morgan fingerprint density at radius 2 is 0.712 bits per heavy atom. The minimum atomic E-state index is -2.81. The van der Waals surface area contributed by atoms with Crippen molar-refractivity contribution < 1.29 is 0 Å². The normalized spacial score (nSPS) is 13.9. The van der Waals surface area contributed by atoms with E-state index >= 15 is 0 Å². The summed E-state index contributed by atoms with van der Waals surface area (Å²) in [5.41, 5.74) is 7.98. The molecule has 0 fully saturated rings. The molecule has 12 rings (SSSR count). The van der Waals surface area contributed by atoms with Gasteiger partial charge in [0.2, 0.25) is 0 Å². The Labute approximate surface area is 387 Å². The van der Waals surface area contributed by atoms with Crippen LogP contribution >= 0.6 is 0 Å². The van der Waals surface area contributed by atoms with Crippen LogP contribution in [-0.2, 0) is 0 Å². The van der Waals surface area contributed by atoms with Crippen molar-refractivity contribution in [3.63, 3.8) is 0 Å². The van der Waals surface area contributed by atoms with Crippen LogP contribution in [0.4, 0.5) is 34.3 Å². The molecule has 0 spiro atoms. The van der Waals surface area contributed by atoms with Crippen molar-refractivity contribution in [1.29, 1.82) is 5.26 Å². The van der Waals surface area contributed by atoms with Gasteiger partial charge in [0.05, 0.1) is 17.3 Å². The largest absolute Gasteiger partial charge is 0.310 e. The molecule has 2 aliphatic heterocycles. The summed E-state index contributed by atoms with van der Waals surface area (Å²) in [4.78, 5) is 10.1. The fourth-order valence-electron chi connectivity index (χ4n) is 11.0. The van der Waals surface area contributed by atoms with E-state index < -0.39 is 16.1 Å². The van der Waals surface area contributed by atoms with Crippen LogP contribution in [0, 0.1) is 11.3 Å². The van der Waals surface area contributed by atoms with E-state index in [0.717, 1.165) is 45.4 Å². The molecule has 0 aliphatic carbocycles. The predicted octanol–water partition coefficient (Wildman–Crippen LogP) is 8.94. The Kier molecular flexibility index (Phi) is 9.53. The topological polar surface area (TPSA) is 43.2 Å². The number of rotatable bonds is 7. The van der Waals surface area contributed by atoms with Gasteiger partial charge in [-0.25, -0.2) is 4.98 Å². The fourth-order valence-corrected chi connectivity index (χ4v) is 21.2. The van der Waals surface area contributed by atoms with Gasteiger partial charge in [0.15, 0.2) is 16.1 Å². The van der Waals surface area contributed by atoms with Crippen LogP contribution in [0.15, 0.2) is 255 Å². The van der Waals surface area contributed by atoms with Gasteiger partial charge in [-0.1, -0.05) is 194 Å². The maximum Gasteiger partial charge on any atom is 0.184 e. The zero-order valence-corrected chi connectivity index (χ0v) is 38.0. The summed E-state index contributed by atoms with van der Waals surface area (Å²) in [5.74, 6) is 0.829. The lowest BCUT2D eigenvalue weighted by atomic mass is 10.0. The standard InChI is InChI=1S/C60H42N4Si2/c61-42-44-37-39-51(63-52-29-13-17-33-56(52)65(46-21-5-1-6-22-46,47-23-7-2-8-24-47)57-34-18-14-30-53(57)63)50(41-44)45-38-40-60(62-43-45)64-54-31-15-19-35-58(54)66(48-25-9-3-10-26-48,49-27-11-4-12-28-49)59-36-20-16-32-55(59)64/h1-41,43H. The SMILES string of the molecule is N#Cc1ccc(N2c3ccccc3[Si](c3ccccc3)(c3ccccc3)c3ccccc32)c(-c2ccc(N3c4ccccc4[Si](c4ccccc4)(c4ccccc4)c4ccccc43)nc2)c1. The molecule has 0 amide bonds. The average Bonchev–Trinajstić information content (AvgIpc) is 3.40. The van der Waals surface area contributed by atoms with Gasteiger partial charge < -0.3 is 4.90 Å². The Bertz CT molecular complexity index is 3270. The molecule has 9 aromatic carbocycles. The van der Waals surface area contributed by atoms with E-state index in [1.807, 2.05) is 18.3 Å². The number of aromatic nitrogens is 1. The van der Waals surface area contributed by atoms with Crippen LogP contribution < -0.4 is 51.3 Å². The smallest absolute Gasteiger partial charge is 0.184 e. The third-order valence-electron chi connectivity index (χ3n) is 13.7. The Hall–Kier alpha value is -8.35. The van der Waals surface area contributed by atoms with Crippen LogP contribution in [-0.4, -0.2) is 21.1 Å². The van der Waals surface area contributed by atoms with E-state index in [-0.39, 0.29) is 0 Å². The van der Waals surface area contributed by atoms with Crippen molar-refractivity contribution in [2.45, 2.75) is 0 Å². The van der Waals surface area contributed by atoms with Gasteiger partial charge in [0, 0.05) is 40.1 Å². The second kappa shape index (κ2) is 16.0. The molecule has 4 nitrogen and oxygen atoms in total. The number of hydrogen-bond acceptors (Lipinski definition) is 4. The van der Waals surface area contributed by atoms with Gasteiger partial charge >= 0.3 is 0 Å². The first kappa shape index (κ1) is 39.3. The van der Waals surface area contributed by atoms with Gasteiger partial charge in [-0.2, -0.15) is 5.26 Å². The van der Waals surface area contributed by atoms with E-state index in [1.54, 1.807) is 0 Å². The van der Waals surface area contributed by atoms with E-state index in [1.165, 1.54) is 41.5 Å². The molecular weight excluding hydrogens is 833 g/mol. The van der Waals surface area contributed by atoms with Gasteiger partial charge in [-0.3, -0.25) is 4.90 Å². The molecule has 1 aromatic heterocycles.